The minimum atomic E-state index is -0.184. The Bertz CT molecular complexity index is 512. The van der Waals surface area contributed by atoms with E-state index in [-0.39, 0.29) is 30.9 Å². The largest absolute Gasteiger partial charge is 0.369 e. The van der Waals surface area contributed by atoms with Gasteiger partial charge >= 0.3 is 0 Å². The molecule has 7 N–H and O–H groups in total. The minimum absolute atomic E-state index is 0.120. The van der Waals surface area contributed by atoms with E-state index in [0.29, 0.717) is 19.0 Å². The van der Waals surface area contributed by atoms with Gasteiger partial charge in [0, 0.05) is 52.4 Å². The first-order chi connectivity index (χ1) is 12.1. The van der Waals surface area contributed by atoms with E-state index in [9.17, 15) is 9.59 Å². The van der Waals surface area contributed by atoms with Crippen LogP contribution in [0.4, 0.5) is 0 Å². The maximum atomic E-state index is 11.1. The van der Waals surface area contributed by atoms with Crippen LogP contribution < -0.4 is 27.0 Å². The molecule has 0 bridgehead atoms. The standard InChI is InChI=1S/C14H27N9O2/c15-13-20-11(24)9-22(13)7-5-18-3-1-17-2-4-19-6-8-23-10-12(25)21-14(23)16/h17-19H,1-10H2,(H2,15,20,24)(H2,16,21,25). The van der Waals surface area contributed by atoms with E-state index in [4.69, 9.17) is 11.1 Å². The zero-order valence-electron chi connectivity index (χ0n) is 14.3. The molecule has 1 fully saturated rings. The number of nitrogens with one attached hydrogen (secondary N) is 5. The number of carbonyl (C=O) groups excluding carboxylic acids is 2. The van der Waals surface area contributed by atoms with Crippen molar-refractivity contribution in [3.05, 3.63) is 0 Å². The van der Waals surface area contributed by atoms with Gasteiger partial charge in [0.2, 0.25) is 5.91 Å². The van der Waals surface area contributed by atoms with Crippen LogP contribution in [0.1, 0.15) is 0 Å². The second kappa shape index (κ2) is 9.91. The van der Waals surface area contributed by atoms with Gasteiger partial charge in [-0.25, -0.2) is 0 Å². The van der Waals surface area contributed by atoms with Gasteiger partial charge in [-0.05, 0) is 0 Å². The molecule has 0 radical (unpaired) electrons. The van der Waals surface area contributed by atoms with Gasteiger partial charge in [0.25, 0.3) is 5.91 Å². The summed E-state index contributed by atoms with van der Waals surface area (Å²) in [6.45, 7) is 6.69. The Morgan fingerprint density at radius 1 is 0.960 bits per heavy atom. The lowest BCUT2D eigenvalue weighted by Crippen LogP contribution is -2.41. The van der Waals surface area contributed by atoms with E-state index in [1.807, 2.05) is 0 Å². The third-order valence-electron chi connectivity index (χ3n) is 3.87. The van der Waals surface area contributed by atoms with Gasteiger partial charge in [0.1, 0.15) is 13.1 Å². The van der Waals surface area contributed by atoms with Gasteiger partial charge in [-0.1, -0.05) is 0 Å². The molecule has 0 atom stereocenters. The molecular weight excluding hydrogens is 326 g/mol. The summed E-state index contributed by atoms with van der Waals surface area (Å²) < 4.78 is 0. The molecule has 25 heavy (non-hydrogen) atoms. The zero-order chi connectivity index (χ0) is 18.1. The molecule has 11 nitrogen and oxygen atoms in total. The average Bonchev–Trinajstić information content (AvgIpc) is 3.05. The fraction of sp³-hybridized carbons (Fsp3) is 0.714. The number of aliphatic imine (C=N–C) groups is 1. The maximum absolute atomic E-state index is 11.1. The average molecular weight is 353 g/mol. The van der Waals surface area contributed by atoms with Gasteiger partial charge in [0.05, 0.1) is 0 Å². The van der Waals surface area contributed by atoms with Crippen molar-refractivity contribution in [1.82, 2.24) is 31.1 Å². The molecule has 1 saturated heterocycles. The molecule has 140 valence electrons. The second-order valence-corrected chi connectivity index (χ2v) is 5.85. The van der Waals surface area contributed by atoms with Gasteiger partial charge in [-0.2, -0.15) is 4.99 Å². The van der Waals surface area contributed by atoms with Crippen LogP contribution in [0.15, 0.2) is 4.99 Å². The highest BCUT2D eigenvalue weighted by atomic mass is 16.2. The molecule has 2 amide bonds. The van der Waals surface area contributed by atoms with Crippen molar-refractivity contribution in [3.8, 4) is 0 Å². The van der Waals surface area contributed by atoms with Crippen LogP contribution >= 0.6 is 0 Å². The zero-order valence-corrected chi connectivity index (χ0v) is 14.3. The van der Waals surface area contributed by atoms with Gasteiger partial charge in [0.15, 0.2) is 11.9 Å². The number of guanidine groups is 2. The smallest absolute Gasteiger partial charge is 0.268 e. The summed E-state index contributed by atoms with van der Waals surface area (Å²) in [5, 5.41) is 19.9. The Morgan fingerprint density at radius 2 is 1.52 bits per heavy atom. The SMILES string of the molecule is N=C1NC(=O)CN1CCNCCNCCNCCN1CC(=O)N=C1N. The summed E-state index contributed by atoms with van der Waals surface area (Å²) in [6, 6.07) is 0. The van der Waals surface area contributed by atoms with E-state index in [1.54, 1.807) is 9.80 Å². The first kappa shape index (κ1) is 19.1. The minimum Gasteiger partial charge on any atom is -0.369 e. The van der Waals surface area contributed by atoms with Crippen molar-refractivity contribution < 1.29 is 9.59 Å². The van der Waals surface area contributed by atoms with Crippen molar-refractivity contribution >= 4 is 23.7 Å². The topological polar surface area (TPSA) is 151 Å². The number of amides is 2. The highest BCUT2D eigenvalue weighted by Gasteiger charge is 2.22. The Labute approximate surface area is 146 Å². The first-order valence-corrected chi connectivity index (χ1v) is 8.43. The number of rotatable bonds is 12. The molecule has 0 saturated carbocycles. The highest BCUT2D eigenvalue weighted by molar-refractivity contribution is 6.02. The lowest BCUT2D eigenvalue weighted by molar-refractivity contribution is -0.118. The lowest BCUT2D eigenvalue weighted by Gasteiger charge is -2.16. The van der Waals surface area contributed by atoms with Crippen LogP contribution in [0, 0.1) is 5.41 Å². The Balaban J connectivity index is 1.34. The summed E-state index contributed by atoms with van der Waals surface area (Å²) in [5.41, 5.74) is 5.62. The first-order valence-electron chi connectivity index (χ1n) is 8.43. The van der Waals surface area contributed by atoms with Crippen LogP contribution in [0.2, 0.25) is 0 Å². The molecular formula is C14H27N9O2. The van der Waals surface area contributed by atoms with Crippen molar-refractivity contribution in [2.45, 2.75) is 0 Å². The number of hydrogen-bond acceptors (Lipinski definition) is 8. The number of nitrogens with two attached hydrogens (primary N) is 1. The number of hydrogen-bond donors (Lipinski definition) is 6. The van der Waals surface area contributed by atoms with E-state index in [2.05, 4.69) is 26.3 Å². The maximum Gasteiger partial charge on any atom is 0.268 e. The quantitative estimate of drug-likeness (QED) is 0.196. The molecule has 0 unspecified atom stereocenters. The van der Waals surface area contributed by atoms with Crippen LogP contribution in [0.3, 0.4) is 0 Å². The Morgan fingerprint density at radius 3 is 2.00 bits per heavy atom. The summed E-state index contributed by atoms with van der Waals surface area (Å²) >= 11 is 0. The molecule has 11 heteroatoms. The molecule has 0 aromatic carbocycles. The molecule has 0 spiro atoms. The molecule has 2 rings (SSSR count). The van der Waals surface area contributed by atoms with Gasteiger partial charge in [-0.15, -0.1) is 0 Å². The fourth-order valence-electron chi connectivity index (χ4n) is 2.52. The van der Waals surface area contributed by atoms with Crippen LogP contribution in [0.25, 0.3) is 0 Å². The second-order valence-electron chi connectivity index (χ2n) is 5.85. The lowest BCUT2D eigenvalue weighted by atomic mass is 10.4. The van der Waals surface area contributed by atoms with Crippen LogP contribution in [-0.4, -0.2) is 99.0 Å². The third-order valence-corrected chi connectivity index (χ3v) is 3.87. The molecule has 0 aromatic rings. The predicted octanol–water partition coefficient (Wildman–Crippen LogP) is -3.72. The van der Waals surface area contributed by atoms with Gasteiger partial charge in [-0.3, -0.25) is 20.3 Å². The Hall–Kier alpha value is -2.24. The fourth-order valence-corrected chi connectivity index (χ4v) is 2.52. The molecule has 2 aliphatic heterocycles. The molecule has 0 aromatic heterocycles. The third kappa shape index (κ3) is 6.64. The Kier molecular flexibility index (Phi) is 7.57. The van der Waals surface area contributed by atoms with E-state index < -0.39 is 0 Å². The van der Waals surface area contributed by atoms with Crippen molar-refractivity contribution in [2.24, 2.45) is 10.7 Å². The van der Waals surface area contributed by atoms with E-state index in [1.165, 1.54) is 0 Å². The van der Waals surface area contributed by atoms with Crippen molar-refractivity contribution in [1.29, 1.82) is 5.41 Å². The van der Waals surface area contributed by atoms with E-state index in [0.717, 1.165) is 39.3 Å². The summed E-state index contributed by atoms with van der Waals surface area (Å²) in [6.07, 6.45) is 0. The van der Waals surface area contributed by atoms with Crippen molar-refractivity contribution in [2.75, 3.05) is 65.4 Å². The monoisotopic (exact) mass is 353 g/mol. The molecule has 0 aliphatic carbocycles. The van der Waals surface area contributed by atoms with Gasteiger partial charge < -0.3 is 31.5 Å². The van der Waals surface area contributed by atoms with Crippen LogP contribution in [-0.2, 0) is 9.59 Å². The number of nitrogens with zero attached hydrogens (tertiary/aromatic N) is 3. The highest BCUT2D eigenvalue weighted by Crippen LogP contribution is 1.97. The summed E-state index contributed by atoms with van der Waals surface area (Å²) in [4.78, 5) is 29.3. The predicted molar refractivity (Wildman–Crippen MR) is 94.3 cm³/mol. The van der Waals surface area contributed by atoms with Crippen LogP contribution in [0.5, 0.6) is 0 Å². The number of carbonyl (C=O) groups is 2. The summed E-state index contributed by atoms with van der Waals surface area (Å²) in [5.74, 6) is 0.184. The molecule has 2 aliphatic rings. The molecule has 2 heterocycles. The van der Waals surface area contributed by atoms with E-state index >= 15 is 0 Å². The van der Waals surface area contributed by atoms with Crippen molar-refractivity contribution in [3.63, 3.8) is 0 Å². The summed E-state index contributed by atoms with van der Waals surface area (Å²) in [7, 11) is 0. The normalized spacial score (nSPS) is 17.4.